The number of hydrogen-bond donors (Lipinski definition) is 1. The molecule has 0 aliphatic rings. The normalized spacial score (nSPS) is 10.2. The third-order valence-corrected chi connectivity index (χ3v) is 2.04. The van der Waals surface area contributed by atoms with Gasteiger partial charge in [-0.1, -0.05) is 11.6 Å². The smallest absolute Gasteiger partial charge is 0.340 e. The lowest BCUT2D eigenvalue weighted by Crippen LogP contribution is -2.05. The van der Waals surface area contributed by atoms with E-state index >= 15 is 0 Å². The summed E-state index contributed by atoms with van der Waals surface area (Å²) < 4.78 is 25.5. The van der Waals surface area contributed by atoms with E-state index < -0.39 is 23.2 Å². The maximum atomic E-state index is 12.9. The zero-order chi connectivity index (χ0) is 10.2. The predicted molar refractivity (Wildman–Crippen MR) is 43.1 cm³/mol. The number of benzene rings is 1. The highest BCUT2D eigenvalue weighted by Gasteiger charge is 2.20. The summed E-state index contributed by atoms with van der Waals surface area (Å²) in [5.74, 6) is -4.22. The van der Waals surface area contributed by atoms with E-state index in [4.69, 9.17) is 16.7 Å². The average Bonchev–Trinajstić information content (AvgIpc) is 2.01. The molecule has 0 aliphatic heterocycles. The Hall–Kier alpha value is -1.16. The van der Waals surface area contributed by atoms with Gasteiger partial charge < -0.3 is 5.11 Å². The quantitative estimate of drug-likeness (QED) is 0.718. The summed E-state index contributed by atoms with van der Waals surface area (Å²) in [4.78, 5) is 10.5. The van der Waals surface area contributed by atoms with Crippen molar-refractivity contribution >= 4 is 17.6 Å². The van der Waals surface area contributed by atoms with E-state index in [1.807, 2.05) is 0 Å². The lowest BCUT2D eigenvalue weighted by molar-refractivity contribution is 0.0690. The Bertz CT molecular complexity index is 351. The van der Waals surface area contributed by atoms with Gasteiger partial charge in [-0.2, -0.15) is 0 Å². The first-order valence-electron chi connectivity index (χ1n) is 3.32. The Morgan fingerprint density at radius 3 is 2.54 bits per heavy atom. The van der Waals surface area contributed by atoms with E-state index in [1.165, 1.54) is 6.92 Å². The number of rotatable bonds is 1. The van der Waals surface area contributed by atoms with E-state index in [-0.39, 0.29) is 10.6 Å². The summed E-state index contributed by atoms with van der Waals surface area (Å²) in [6.07, 6.45) is 0. The van der Waals surface area contributed by atoms with Crippen molar-refractivity contribution in [1.29, 1.82) is 0 Å². The number of halogens is 3. The Morgan fingerprint density at radius 2 is 2.08 bits per heavy atom. The lowest BCUT2D eigenvalue weighted by Gasteiger charge is -2.04. The van der Waals surface area contributed by atoms with Crippen molar-refractivity contribution in [3.63, 3.8) is 0 Å². The Labute approximate surface area is 77.8 Å². The van der Waals surface area contributed by atoms with Gasteiger partial charge in [0.25, 0.3) is 0 Å². The maximum Gasteiger partial charge on any atom is 0.340 e. The van der Waals surface area contributed by atoms with Crippen LogP contribution in [0.3, 0.4) is 0 Å². The van der Waals surface area contributed by atoms with Crippen LogP contribution in [-0.4, -0.2) is 11.1 Å². The fourth-order valence-electron chi connectivity index (χ4n) is 0.918. The summed E-state index contributed by atoms with van der Waals surface area (Å²) in [6, 6.07) is 0.851. The molecule has 1 aromatic carbocycles. The topological polar surface area (TPSA) is 37.3 Å². The third-order valence-electron chi connectivity index (χ3n) is 1.55. The van der Waals surface area contributed by atoms with Crippen LogP contribution in [0.15, 0.2) is 6.07 Å². The largest absolute Gasteiger partial charge is 0.478 e. The molecule has 0 amide bonds. The van der Waals surface area contributed by atoms with Gasteiger partial charge in [0.1, 0.15) is 5.56 Å². The molecular weight excluding hydrogens is 202 g/mol. The number of carboxylic acid groups (broad SMARTS) is 1. The summed E-state index contributed by atoms with van der Waals surface area (Å²) in [5.41, 5.74) is -0.628. The first-order chi connectivity index (χ1) is 5.95. The van der Waals surface area contributed by atoms with Crippen molar-refractivity contribution in [3.05, 3.63) is 33.9 Å². The van der Waals surface area contributed by atoms with Crippen molar-refractivity contribution in [2.75, 3.05) is 0 Å². The monoisotopic (exact) mass is 206 g/mol. The predicted octanol–water partition coefficient (Wildman–Crippen LogP) is 2.62. The molecule has 5 heteroatoms. The number of aryl methyl sites for hydroxylation is 1. The van der Waals surface area contributed by atoms with Crippen molar-refractivity contribution in [2.45, 2.75) is 6.92 Å². The molecule has 1 rings (SSSR count). The van der Waals surface area contributed by atoms with E-state index in [0.29, 0.717) is 0 Å². The molecule has 0 fully saturated rings. The van der Waals surface area contributed by atoms with Gasteiger partial charge in [-0.3, -0.25) is 0 Å². The van der Waals surface area contributed by atoms with Crippen LogP contribution in [0.5, 0.6) is 0 Å². The Kier molecular flexibility index (Phi) is 2.52. The van der Waals surface area contributed by atoms with E-state index in [9.17, 15) is 13.6 Å². The molecule has 0 heterocycles. The first kappa shape index (κ1) is 9.92. The van der Waals surface area contributed by atoms with Crippen molar-refractivity contribution in [1.82, 2.24) is 0 Å². The average molecular weight is 207 g/mol. The van der Waals surface area contributed by atoms with Crippen LogP contribution < -0.4 is 0 Å². The standard InChI is InChI=1S/C8H5ClF2O2/c1-3-2-4(10)7(11)5(6(3)9)8(12)13/h2H,1H3,(H,12,13). The molecule has 0 bridgehead atoms. The number of aromatic carboxylic acids is 1. The SMILES string of the molecule is Cc1cc(F)c(F)c(C(=O)O)c1Cl. The van der Waals surface area contributed by atoms with Gasteiger partial charge in [0.05, 0.1) is 5.02 Å². The molecule has 13 heavy (non-hydrogen) atoms. The third kappa shape index (κ3) is 1.62. The van der Waals surface area contributed by atoms with Crippen LogP contribution in [0.1, 0.15) is 15.9 Å². The van der Waals surface area contributed by atoms with Crippen LogP contribution >= 0.6 is 11.6 Å². The minimum atomic E-state index is -1.58. The minimum absolute atomic E-state index is 0.193. The van der Waals surface area contributed by atoms with E-state index in [0.717, 1.165) is 6.07 Å². The van der Waals surface area contributed by atoms with Crippen LogP contribution in [-0.2, 0) is 0 Å². The van der Waals surface area contributed by atoms with Gasteiger partial charge in [0.15, 0.2) is 11.6 Å². The summed E-state index contributed by atoms with van der Waals surface area (Å²) in [6.45, 7) is 1.40. The van der Waals surface area contributed by atoms with Gasteiger partial charge in [-0.15, -0.1) is 0 Å². The zero-order valence-electron chi connectivity index (χ0n) is 6.57. The van der Waals surface area contributed by atoms with E-state index in [1.54, 1.807) is 0 Å². The first-order valence-corrected chi connectivity index (χ1v) is 3.70. The van der Waals surface area contributed by atoms with Crippen LogP contribution in [0.2, 0.25) is 5.02 Å². The molecule has 2 nitrogen and oxygen atoms in total. The van der Waals surface area contributed by atoms with E-state index in [2.05, 4.69) is 0 Å². The molecular formula is C8H5ClF2O2. The fraction of sp³-hybridized carbons (Fsp3) is 0.125. The highest BCUT2D eigenvalue weighted by Crippen LogP contribution is 2.25. The second kappa shape index (κ2) is 3.30. The molecule has 0 saturated carbocycles. The van der Waals surface area contributed by atoms with Crippen molar-refractivity contribution in [3.8, 4) is 0 Å². The molecule has 0 spiro atoms. The second-order valence-electron chi connectivity index (χ2n) is 2.48. The lowest BCUT2D eigenvalue weighted by atomic mass is 10.1. The van der Waals surface area contributed by atoms with Gasteiger partial charge in [-0.05, 0) is 18.6 Å². The number of carboxylic acids is 1. The molecule has 0 radical (unpaired) electrons. The summed E-state index contributed by atoms with van der Waals surface area (Å²) in [7, 11) is 0. The van der Waals surface area contributed by atoms with Crippen LogP contribution in [0.4, 0.5) is 8.78 Å². The highest BCUT2D eigenvalue weighted by atomic mass is 35.5. The summed E-state index contributed by atoms with van der Waals surface area (Å²) in [5, 5.41) is 8.23. The zero-order valence-corrected chi connectivity index (χ0v) is 7.32. The van der Waals surface area contributed by atoms with Gasteiger partial charge in [0.2, 0.25) is 0 Å². The Balaban J connectivity index is 3.56. The number of hydrogen-bond acceptors (Lipinski definition) is 1. The minimum Gasteiger partial charge on any atom is -0.478 e. The van der Waals surface area contributed by atoms with Gasteiger partial charge in [-0.25, -0.2) is 13.6 Å². The van der Waals surface area contributed by atoms with Crippen LogP contribution in [0, 0.1) is 18.6 Å². The van der Waals surface area contributed by atoms with Crippen LogP contribution in [0.25, 0.3) is 0 Å². The molecule has 0 unspecified atom stereocenters. The Morgan fingerprint density at radius 1 is 1.54 bits per heavy atom. The second-order valence-corrected chi connectivity index (χ2v) is 2.86. The number of carbonyl (C=O) groups is 1. The molecule has 0 saturated heterocycles. The molecule has 1 N–H and O–H groups in total. The van der Waals surface area contributed by atoms with Crippen molar-refractivity contribution < 1.29 is 18.7 Å². The van der Waals surface area contributed by atoms with Crippen molar-refractivity contribution in [2.24, 2.45) is 0 Å². The molecule has 1 aromatic rings. The van der Waals surface area contributed by atoms with Gasteiger partial charge in [0, 0.05) is 0 Å². The maximum absolute atomic E-state index is 12.9. The molecule has 70 valence electrons. The van der Waals surface area contributed by atoms with Gasteiger partial charge >= 0.3 is 5.97 Å². The highest BCUT2D eigenvalue weighted by molar-refractivity contribution is 6.34. The fourth-order valence-corrected chi connectivity index (χ4v) is 1.14. The molecule has 0 aromatic heterocycles. The molecule has 0 atom stereocenters. The molecule has 0 aliphatic carbocycles. The summed E-state index contributed by atoms with van der Waals surface area (Å²) >= 11 is 5.48.